The number of halogens is 1. The molecular weight excluding hydrogens is 274 g/mol. The summed E-state index contributed by atoms with van der Waals surface area (Å²) < 4.78 is 1.93. The SMILES string of the molecule is OC(CN1CCC(n2cc(Cl)cn2)C1)c1ccccc1. The summed E-state index contributed by atoms with van der Waals surface area (Å²) in [4.78, 5) is 2.28. The molecule has 2 heterocycles. The molecule has 20 heavy (non-hydrogen) atoms. The van der Waals surface area contributed by atoms with Gasteiger partial charge in [-0.3, -0.25) is 9.58 Å². The lowest BCUT2D eigenvalue weighted by Gasteiger charge is -2.20. The number of likely N-dealkylation sites (tertiary alicyclic amines) is 1. The summed E-state index contributed by atoms with van der Waals surface area (Å²) >= 11 is 5.90. The maximum Gasteiger partial charge on any atom is 0.0916 e. The predicted molar refractivity (Wildman–Crippen MR) is 78.7 cm³/mol. The zero-order valence-corrected chi connectivity index (χ0v) is 11.9. The van der Waals surface area contributed by atoms with Gasteiger partial charge in [-0.1, -0.05) is 41.9 Å². The molecule has 0 bridgehead atoms. The van der Waals surface area contributed by atoms with Crippen molar-refractivity contribution in [1.29, 1.82) is 0 Å². The molecule has 1 fully saturated rings. The lowest BCUT2D eigenvalue weighted by molar-refractivity contribution is 0.124. The van der Waals surface area contributed by atoms with Crippen molar-refractivity contribution < 1.29 is 5.11 Å². The van der Waals surface area contributed by atoms with E-state index < -0.39 is 6.10 Å². The molecule has 5 heteroatoms. The molecule has 0 amide bonds. The molecule has 2 atom stereocenters. The molecule has 0 aliphatic carbocycles. The average Bonchev–Trinajstić information content (AvgIpc) is 3.09. The number of aliphatic hydroxyl groups is 1. The summed E-state index contributed by atoms with van der Waals surface area (Å²) in [6, 6.07) is 10.2. The van der Waals surface area contributed by atoms with Crippen molar-refractivity contribution in [2.24, 2.45) is 0 Å². The highest BCUT2D eigenvalue weighted by Gasteiger charge is 2.26. The summed E-state index contributed by atoms with van der Waals surface area (Å²) in [5, 5.41) is 15.2. The van der Waals surface area contributed by atoms with E-state index in [9.17, 15) is 5.11 Å². The molecule has 2 aromatic rings. The van der Waals surface area contributed by atoms with Crippen LogP contribution < -0.4 is 0 Å². The van der Waals surface area contributed by atoms with Crippen molar-refractivity contribution >= 4 is 11.6 Å². The van der Waals surface area contributed by atoms with E-state index in [0.29, 0.717) is 17.6 Å². The Morgan fingerprint density at radius 2 is 2.15 bits per heavy atom. The van der Waals surface area contributed by atoms with E-state index in [4.69, 9.17) is 11.6 Å². The normalized spacial score (nSPS) is 21.2. The number of hydrogen-bond donors (Lipinski definition) is 1. The molecule has 1 aromatic heterocycles. The van der Waals surface area contributed by atoms with Gasteiger partial charge in [0.1, 0.15) is 0 Å². The van der Waals surface area contributed by atoms with Gasteiger partial charge in [-0.15, -0.1) is 0 Å². The number of aromatic nitrogens is 2. The second kappa shape index (κ2) is 5.95. The molecule has 1 N–H and O–H groups in total. The molecular formula is C15H18ClN3O. The van der Waals surface area contributed by atoms with E-state index in [2.05, 4.69) is 10.00 Å². The van der Waals surface area contributed by atoms with Crippen molar-refractivity contribution in [3.8, 4) is 0 Å². The van der Waals surface area contributed by atoms with Crippen LogP contribution in [0, 0.1) is 0 Å². The van der Waals surface area contributed by atoms with Crippen LogP contribution in [0.3, 0.4) is 0 Å². The maximum atomic E-state index is 10.3. The summed E-state index contributed by atoms with van der Waals surface area (Å²) in [6.07, 6.45) is 4.14. The Morgan fingerprint density at radius 1 is 1.35 bits per heavy atom. The van der Waals surface area contributed by atoms with E-state index in [1.165, 1.54) is 0 Å². The van der Waals surface area contributed by atoms with Crippen molar-refractivity contribution in [2.45, 2.75) is 18.6 Å². The highest BCUT2D eigenvalue weighted by molar-refractivity contribution is 6.30. The second-order valence-electron chi connectivity index (χ2n) is 5.27. The van der Waals surface area contributed by atoms with Crippen LogP contribution in [0.1, 0.15) is 24.1 Å². The minimum atomic E-state index is -0.434. The van der Waals surface area contributed by atoms with Gasteiger partial charge in [-0.2, -0.15) is 5.10 Å². The topological polar surface area (TPSA) is 41.3 Å². The Balaban J connectivity index is 1.58. The minimum absolute atomic E-state index is 0.352. The third-order valence-electron chi connectivity index (χ3n) is 3.81. The number of β-amino-alcohol motifs (C(OH)–C–C–N with tert-alkyl or cyclic N) is 1. The maximum absolute atomic E-state index is 10.3. The summed E-state index contributed by atoms with van der Waals surface area (Å²) in [5.74, 6) is 0. The van der Waals surface area contributed by atoms with Gasteiger partial charge < -0.3 is 5.11 Å². The summed E-state index contributed by atoms with van der Waals surface area (Å²) in [5.41, 5.74) is 0.970. The molecule has 1 saturated heterocycles. The van der Waals surface area contributed by atoms with Crippen molar-refractivity contribution in [2.75, 3.05) is 19.6 Å². The summed E-state index contributed by atoms with van der Waals surface area (Å²) in [6.45, 7) is 2.55. The fourth-order valence-corrected chi connectivity index (χ4v) is 2.88. The van der Waals surface area contributed by atoms with Crippen molar-refractivity contribution in [3.05, 3.63) is 53.3 Å². The Kier molecular flexibility index (Phi) is 4.05. The molecule has 1 aliphatic heterocycles. The molecule has 106 valence electrons. The van der Waals surface area contributed by atoms with Gasteiger partial charge in [-0.25, -0.2) is 0 Å². The van der Waals surface area contributed by atoms with Gasteiger partial charge in [0.05, 0.1) is 23.4 Å². The van der Waals surface area contributed by atoms with Gasteiger partial charge >= 0.3 is 0 Å². The molecule has 3 rings (SSSR count). The number of rotatable bonds is 4. The second-order valence-corrected chi connectivity index (χ2v) is 5.70. The zero-order chi connectivity index (χ0) is 13.9. The van der Waals surface area contributed by atoms with E-state index in [-0.39, 0.29) is 0 Å². The van der Waals surface area contributed by atoms with Crippen molar-refractivity contribution in [3.63, 3.8) is 0 Å². The van der Waals surface area contributed by atoms with Gasteiger partial charge in [0, 0.05) is 25.8 Å². The monoisotopic (exact) mass is 291 g/mol. The first-order chi connectivity index (χ1) is 9.72. The van der Waals surface area contributed by atoms with Crippen LogP contribution in [0.15, 0.2) is 42.7 Å². The largest absolute Gasteiger partial charge is 0.387 e. The van der Waals surface area contributed by atoms with Gasteiger partial charge in [0.25, 0.3) is 0 Å². The lowest BCUT2D eigenvalue weighted by Crippen LogP contribution is -2.27. The molecule has 1 aromatic carbocycles. The minimum Gasteiger partial charge on any atom is -0.387 e. The van der Waals surface area contributed by atoms with Crippen LogP contribution in [0.25, 0.3) is 0 Å². The molecule has 0 spiro atoms. The first kappa shape index (κ1) is 13.6. The standard InChI is InChI=1S/C15H18ClN3O/c16-13-8-17-19(9-13)14-6-7-18(10-14)11-15(20)12-4-2-1-3-5-12/h1-5,8-9,14-15,20H,6-7,10-11H2. The third-order valence-corrected chi connectivity index (χ3v) is 4.00. The molecule has 0 radical (unpaired) electrons. The van der Waals surface area contributed by atoms with Gasteiger partial charge in [-0.05, 0) is 12.0 Å². The van der Waals surface area contributed by atoms with Gasteiger partial charge in [0.15, 0.2) is 0 Å². The third kappa shape index (κ3) is 3.03. The number of hydrogen-bond acceptors (Lipinski definition) is 3. The fraction of sp³-hybridized carbons (Fsp3) is 0.400. The van der Waals surface area contributed by atoms with E-state index in [1.807, 2.05) is 41.2 Å². The van der Waals surface area contributed by atoms with Gasteiger partial charge in [0.2, 0.25) is 0 Å². The van der Waals surface area contributed by atoms with E-state index >= 15 is 0 Å². The Bertz CT molecular complexity index is 557. The number of benzene rings is 1. The Labute approximate surface area is 123 Å². The summed E-state index contributed by atoms with van der Waals surface area (Å²) in [7, 11) is 0. The average molecular weight is 292 g/mol. The highest BCUT2D eigenvalue weighted by atomic mass is 35.5. The van der Waals surface area contributed by atoms with Crippen LogP contribution in [0.4, 0.5) is 0 Å². The molecule has 2 unspecified atom stereocenters. The lowest BCUT2D eigenvalue weighted by atomic mass is 10.1. The van der Waals surface area contributed by atoms with Crippen LogP contribution in [0.2, 0.25) is 5.02 Å². The molecule has 1 aliphatic rings. The first-order valence-electron chi connectivity index (χ1n) is 6.87. The quantitative estimate of drug-likeness (QED) is 0.941. The number of aliphatic hydroxyl groups excluding tert-OH is 1. The van der Waals surface area contributed by atoms with E-state index in [0.717, 1.165) is 25.1 Å². The van der Waals surface area contributed by atoms with E-state index in [1.54, 1.807) is 6.20 Å². The van der Waals surface area contributed by atoms with Crippen LogP contribution in [0.5, 0.6) is 0 Å². The Morgan fingerprint density at radius 3 is 2.85 bits per heavy atom. The van der Waals surface area contributed by atoms with Crippen LogP contribution in [-0.2, 0) is 0 Å². The number of nitrogens with zero attached hydrogens (tertiary/aromatic N) is 3. The molecule has 0 saturated carbocycles. The first-order valence-corrected chi connectivity index (χ1v) is 7.25. The van der Waals surface area contributed by atoms with Crippen LogP contribution in [-0.4, -0.2) is 39.4 Å². The smallest absolute Gasteiger partial charge is 0.0916 e. The zero-order valence-electron chi connectivity index (χ0n) is 11.2. The van der Waals surface area contributed by atoms with Crippen LogP contribution >= 0.6 is 11.6 Å². The highest BCUT2D eigenvalue weighted by Crippen LogP contribution is 2.24. The fourth-order valence-electron chi connectivity index (χ4n) is 2.73. The Hall–Kier alpha value is -1.36. The predicted octanol–water partition coefficient (Wildman–Crippen LogP) is 2.52. The molecule has 4 nitrogen and oxygen atoms in total. The van der Waals surface area contributed by atoms with Crippen molar-refractivity contribution in [1.82, 2.24) is 14.7 Å².